The van der Waals surface area contributed by atoms with Gasteiger partial charge in [0.25, 0.3) is 0 Å². The van der Waals surface area contributed by atoms with Gasteiger partial charge in [0.15, 0.2) is 11.5 Å². The van der Waals surface area contributed by atoms with Gasteiger partial charge in [-0.2, -0.15) is 5.10 Å². The minimum atomic E-state index is -0.176. The van der Waals surface area contributed by atoms with Gasteiger partial charge in [0.1, 0.15) is 6.33 Å². The number of carbonyl (C=O) groups excluding carboxylic acids is 1. The Kier molecular flexibility index (Phi) is 4.93. The quantitative estimate of drug-likeness (QED) is 0.407. The maximum absolute atomic E-state index is 12.6. The molecule has 2 N–H and O–H groups in total. The highest BCUT2D eigenvalue weighted by Crippen LogP contribution is 2.23. The zero-order chi connectivity index (χ0) is 21.2. The Morgan fingerprint density at radius 2 is 1.81 bits per heavy atom. The summed E-state index contributed by atoms with van der Waals surface area (Å²) in [5.74, 6) is 0.287. The minimum absolute atomic E-state index is 0.176. The van der Waals surface area contributed by atoms with E-state index in [-0.39, 0.29) is 12.3 Å². The first kappa shape index (κ1) is 19.0. The minimum Gasteiger partial charge on any atom is -0.281 e. The third-order valence-electron chi connectivity index (χ3n) is 4.97. The Morgan fingerprint density at radius 3 is 2.71 bits per heavy atom. The van der Waals surface area contributed by atoms with E-state index < -0.39 is 0 Å². The topological polar surface area (TPSA) is 84.7 Å². The van der Waals surface area contributed by atoms with Gasteiger partial charge in [-0.3, -0.25) is 15.6 Å². The average molecular weight is 429 g/mol. The van der Waals surface area contributed by atoms with Crippen LogP contribution in [0.25, 0.3) is 27.5 Å². The van der Waals surface area contributed by atoms with Crippen molar-refractivity contribution in [1.82, 2.24) is 25.2 Å². The summed E-state index contributed by atoms with van der Waals surface area (Å²) < 4.78 is 1.67. The lowest BCUT2D eigenvalue weighted by Crippen LogP contribution is -2.31. The second kappa shape index (κ2) is 8.04. The highest BCUT2D eigenvalue weighted by molar-refractivity contribution is 6.30. The van der Waals surface area contributed by atoms with E-state index in [1.54, 1.807) is 23.0 Å². The molecule has 0 fully saturated rings. The monoisotopic (exact) mass is 428 g/mol. The molecule has 2 aromatic heterocycles. The molecule has 2 heterocycles. The lowest BCUT2D eigenvalue weighted by atomic mass is 10.0. The molecule has 0 atom stereocenters. The number of hydrogen-bond donors (Lipinski definition) is 2. The number of halogens is 1. The number of aromatic nitrogens is 4. The van der Waals surface area contributed by atoms with Gasteiger partial charge in [0.2, 0.25) is 5.91 Å². The molecule has 0 aliphatic rings. The van der Waals surface area contributed by atoms with Crippen LogP contribution in [0.4, 0.5) is 5.82 Å². The Balaban J connectivity index is 1.36. The summed E-state index contributed by atoms with van der Waals surface area (Å²) in [6, 6.07) is 21.3. The van der Waals surface area contributed by atoms with Crippen LogP contribution in [0.2, 0.25) is 5.02 Å². The van der Waals surface area contributed by atoms with Crippen molar-refractivity contribution in [3.63, 3.8) is 0 Å². The molecule has 152 valence electrons. The van der Waals surface area contributed by atoms with E-state index in [1.807, 2.05) is 54.6 Å². The van der Waals surface area contributed by atoms with Crippen molar-refractivity contribution >= 4 is 45.1 Å². The molecule has 8 heteroatoms. The van der Waals surface area contributed by atoms with Crippen molar-refractivity contribution in [3.8, 4) is 5.69 Å². The van der Waals surface area contributed by atoms with Crippen LogP contribution < -0.4 is 10.9 Å². The zero-order valence-electron chi connectivity index (χ0n) is 16.3. The number of nitrogens with one attached hydrogen (secondary N) is 2. The Morgan fingerprint density at radius 1 is 0.968 bits per heavy atom. The van der Waals surface area contributed by atoms with E-state index in [2.05, 4.69) is 25.9 Å². The second-order valence-electron chi connectivity index (χ2n) is 6.98. The number of carbonyl (C=O) groups is 1. The van der Waals surface area contributed by atoms with Crippen LogP contribution in [0.15, 0.2) is 79.3 Å². The number of hydrazine groups is 1. The summed E-state index contributed by atoms with van der Waals surface area (Å²) in [4.78, 5) is 21.2. The van der Waals surface area contributed by atoms with Crippen molar-refractivity contribution < 1.29 is 4.79 Å². The second-order valence-corrected chi connectivity index (χ2v) is 7.42. The highest BCUT2D eigenvalue weighted by atomic mass is 35.5. The molecule has 0 saturated heterocycles. The van der Waals surface area contributed by atoms with Gasteiger partial charge in [-0.15, -0.1) is 0 Å². The number of hydrogen-bond acceptors (Lipinski definition) is 5. The van der Waals surface area contributed by atoms with Gasteiger partial charge < -0.3 is 0 Å². The SMILES string of the molecule is O=C(Cc1cccc2ccccc12)NNc1ncnc2c1cnn2-c1cccc(Cl)c1. The van der Waals surface area contributed by atoms with E-state index in [0.29, 0.717) is 21.9 Å². The van der Waals surface area contributed by atoms with Crippen molar-refractivity contribution in [2.45, 2.75) is 6.42 Å². The van der Waals surface area contributed by atoms with Gasteiger partial charge in [-0.05, 0) is 34.5 Å². The average Bonchev–Trinajstić information content (AvgIpc) is 3.23. The molecule has 0 bridgehead atoms. The number of fused-ring (bicyclic) bond motifs is 2. The molecule has 31 heavy (non-hydrogen) atoms. The summed E-state index contributed by atoms with van der Waals surface area (Å²) in [6.45, 7) is 0. The smallest absolute Gasteiger partial charge is 0.242 e. The lowest BCUT2D eigenvalue weighted by molar-refractivity contribution is -0.119. The van der Waals surface area contributed by atoms with Crippen LogP contribution in [-0.4, -0.2) is 25.7 Å². The van der Waals surface area contributed by atoms with Gasteiger partial charge >= 0.3 is 0 Å². The van der Waals surface area contributed by atoms with Crippen LogP contribution in [0.1, 0.15) is 5.56 Å². The Labute approximate surface area is 182 Å². The van der Waals surface area contributed by atoms with Crippen molar-refractivity contribution in [2.75, 3.05) is 5.43 Å². The molecular formula is C23H17ClN6O. The molecule has 5 aromatic rings. The largest absolute Gasteiger partial charge is 0.281 e. The summed E-state index contributed by atoms with van der Waals surface area (Å²) in [5, 5.41) is 7.84. The van der Waals surface area contributed by atoms with Crippen LogP contribution in [-0.2, 0) is 11.2 Å². The van der Waals surface area contributed by atoms with Crippen molar-refractivity contribution in [2.24, 2.45) is 0 Å². The summed E-state index contributed by atoms with van der Waals surface area (Å²) >= 11 is 6.10. The third-order valence-corrected chi connectivity index (χ3v) is 5.20. The summed E-state index contributed by atoms with van der Waals surface area (Å²) in [7, 11) is 0. The predicted octanol–water partition coefficient (Wildman–Crippen LogP) is 4.31. The van der Waals surface area contributed by atoms with Gasteiger partial charge in [0.05, 0.1) is 23.7 Å². The van der Waals surface area contributed by atoms with E-state index in [1.165, 1.54) is 6.33 Å². The molecule has 0 aliphatic carbocycles. The first-order chi connectivity index (χ1) is 15.2. The molecule has 0 radical (unpaired) electrons. The molecule has 5 rings (SSSR count). The van der Waals surface area contributed by atoms with E-state index >= 15 is 0 Å². The molecular weight excluding hydrogens is 412 g/mol. The van der Waals surface area contributed by atoms with Crippen LogP contribution in [0, 0.1) is 0 Å². The fraction of sp³-hybridized carbons (Fsp3) is 0.0435. The van der Waals surface area contributed by atoms with Crippen molar-refractivity contribution in [1.29, 1.82) is 0 Å². The number of anilines is 1. The maximum atomic E-state index is 12.6. The third kappa shape index (κ3) is 3.78. The van der Waals surface area contributed by atoms with Crippen LogP contribution >= 0.6 is 11.6 Å². The molecule has 1 amide bonds. The van der Waals surface area contributed by atoms with Crippen molar-refractivity contribution in [3.05, 3.63) is 89.8 Å². The predicted molar refractivity (Wildman–Crippen MR) is 121 cm³/mol. The fourth-order valence-corrected chi connectivity index (χ4v) is 3.72. The Hall–Kier alpha value is -3.97. The lowest BCUT2D eigenvalue weighted by Gasteiger charge is -2.10. The van der Waals surface area contributed by atoms with E-state index in [9.17, 15) is 4.79 Å². The van der Waals surface area contributed by atoms with Gasteiger partial charge in [-0.25, -0.2) is 14.6 Å². The molecule has 7 nitrogen and oxygen atoms in total. The van der Waals surface area contributed by atoms with Gasteiger partial charge in [-0.1, -0.05) is 60.1 Å². The van der Waals surface area contributed by atoms with Gasteiger partial charge in [0, 0.05) is 5.02 Å². The summed E-state index contributed by atoms with van der Waals surface area (Å²) in [6.07, 6.45) is 3.31. The first-order valence-electron chi connectivity index (χ1n) is 9.65. The molecule has 0 unspecified atom stereocenters. The molecule has 0 aliphatic heterocycles. The molecule has 0 spiro atoms. The fourth-order valence-electron chi connectivity index (χ4n) is 3.53. The molecule has 3 aromatic carbocycles. The highest BCUT2D eigenvalue weighted by Gasteiger charge is 2.13. The number of benzene rings is 3. The number of nitrogens with zero attached hydrogens (tertiary/aromatic N) is 4. The van der Waals surface area contributed by atoms with Crippen LogP contribution in [0.5, 0.6) is 0 Å². The van der Waals surface area contributed by atoms with E-state index in [4.69, 9.17) is 11.6 Å². The maximum Gasteiger partial charge on any atom is 0.242 e. The Bertz CT molecular complexity index is 1410. The van der Waals surface area contributed by atoms with Crippen LogP contribution in [0.3, 0.4) is 0 Å². The number of rotatable bonds is 5. The number of amides is 1. The van der Waals surface area contributed by atoms with E-state index in [0.717, 1.165) is 22.0 Å². The molecule has 0 saturated carbocycles. The first-order valence-corrected chi connectivity index (χ1v) is 10.0. The summed E-state index contributed by atoms with van der Waals surface area (Å²) in [5.41, 5.74) is 7.97. The zero-order valence-corrected chi connectivity index (χ0v) is 17.0. The standard InChI is InChI=1S/C23H17ClN6O/c24-17-8-4-9-18(12-17)30-23-20(13-27-30)22(25-14-26-23)29-28-21(31)11-16-7-3-6-15-5-1-2-10-19(15)16/h1-10,12-14H,11H2,(H,28,31)(H,25,26,29). The normalized spacial score (nSPS) is 11.0.